The number of morpholine rings is 1. The van der Waals surface area contributed by atoms with Gasteiger partial charge < -0.3 is 14.5 Å². The topological polar surface area (TPSA) is 32.8 Å². The van der Waals surface area contributed by atoms with E-state index in [1.807, 2.05) is 4.90 Å². The van der Waals surface area contributed by atoms with Crippen LogP contribution in [0.2, 0.25) is 0 Å². The number of rotatable bonds is 5. The molecule has 0 N–H and O–H groups in total. The van der Waals surface area contributed by atoms with Gasteiger partial charge in [-0.05, 0) is 56.5 Å². The van der Waals surface area contributed by atoms with Crippen molar-refractivity contribution in [2.75, 3.05) is 39.8 Å². The highest BCUT2D eigenvalue weighted by molar-refractivity contribution is 5.94. The predicted molar refractivity (Wildman–Crippen MR) is 87.0 cm³/mol. The molecule has 2 aliphatic rings. The molecule has 1 amide bonds. The maximum absolute atomic E-state index is 13.4. The normalized spacial score (nSPS) is 22.1. The summed E-state index contributed by atoms with van der Waals surface area (Å²) in [5.41, 5.74) is 1.07. The Morgan fingerprint density at radius 1 is 1.39 bits per heavy atom. The molecule has 0 unspecified atom stereocenters. The molecule has 1 aromatic carbocycles. The van der Waals surface area contributed by atoms with Gasteiger partial charge in [0.05, 0.1) is 12.7 Å². The molecule has 1 aliphatic carbocycles. The average Bonchev–Trinajstić information content (AvgIpc) is 3.33. The number of carbonyl (C=O) groups excluding carboxylic acids is 1. The van der Waals surface area contributed by atoms with Gasteiger partial charge >= 0.3 is 0 Å². The van der Waals surface area contributed by atoms with Gasteiger partial charge in [-0.15, -0.1) is 0 Å². The molecule has 1 saturated carbocycles. The van der Waals surface area contributed by atoms with Crippen LogP contribution in [0.3, 0.4) is 0 Å². The summed E-state index contributed by atoms with van der Waals surface area (Å²) in [6, 6.07) is 4.60. The number of halogens is 1. The van der Waals surface area contributed by atoms with E-state index in [9.17, 15) is 9.18 Å². The van der Waals surface area contributed by atoms with Gasteiger partial charge in [0.25, 0.3) is 5.91 Å². The highest BCUT2D eigenvalue weighted by Gasteiger charge is 2.30. The first-order chi connectivity index (χ1) is 11.0. The molecule has 5 heteroatoms. The van der Waals surface area contributed by atoms with Crippen molar-refractivity contribution in [3.8, 4) is 0 Å². The number of likely N-dealkylation sites (N-methyl/N-ethyl adjacent to an activating group) is 1. The molecule has 0 radical (unpaired) electrons. The molecule has 1 heterocycles. The lowest BCUT2D eigenvalue weighted by atomic mass is 10.1. The van der Waals surface area contributed by atoms with Gasteiger partial charge in [0.1, 0.15) is 5.82 Å². The number of benzene rings is 1. The zero-order chi connectivity index (χ0) is 16.4. The van der Waals surface area contributed by atoms with Gasteiger partial charge in [0.2, 0.25) is 0 Å². The molecule has 1 saturated heterocycles. The Morgan fingerprint density at radius 3 is 2.83 bits per heavy atom. The van der Waals surface area contributed by atoms with Crippen LogP contribution in [0.15, 0.2) is 18.2 Å². The monoisotopic (exact) mass is 320 g/mol. The summed E-state index contributed by atoms with van der Waals surface area (Å²) < 4.78 is 19.3. The van der Waals surface area contributed by atoms with Crippen LogP contribution >= 0.6 is 0 Å². The molecular formula is C18H25FN2O2. The van der Waals surface area contributed by atoms with Crippen molar-refractivity contribution in [1.29, 1.82) is 0 Å². The van der Waals surface area contributed by atoms with Crippen LogP contribution in [0.25, 0.3) is 0 Å². The molecule has 0 bridgehead atoms. The maximum Gasteiger partial charge on any atom is 0.253 e. The maximum atomic E-state index is 13.4. The van der Waals surface area contributed by atoms with E-state index in [0.29, 0.717) is 30.2 Å². The van der Waals surface area contributed by atoms with Crippen LogP contribution in [0.5, 0.6) is 0 Å². The number of ether oxygens (including phenoxy) is 1. The number of amides is 1. The first kappa shape index (κ1) is 16.4. The number of hydrogen-bond donors (Lipinski definition) is 0. The molecule has 0 spiro atoms. The summed E-state index contributed by atoms with van der Waals surface area (Å²) in [6.07, 6.45) is 2.44. The standard InChI is InChI=1S/C18H25FN2O2/c1-13-9-15(5-6-17(13)19)18(22)21(10-14-3-4-14)12-16-11-20(2)7-8-23-16/h5-6,9,14,16H,3-4,7-8,10-12H2,1-2H3/t16-/m1/s1. The second-order valence-corrected chi connectivity index (χ2v) is 6.87. The molecule has 1 aromatic rings. The average molecular weight is 320 g/mol. The van der Waals surface area contributed by atoms with Gasteiger partial charge in [-0.2, -0.15) is 0 Å². The van der Waals surface area contributed by atoms with E-state index in [1.165, 1.54) is 18.9 Å². The minimum atomic E-state index is -0.271. The molecule has 3 rings (SSSR count). The fraction of sp³-hybridized carbons (Fsp3) is 0.611. The Labute approximate surface area is 137 Å². The largest absolute Gasteiger partial charge is 0.374 e. The number of hydrogen-bond acceptors (Lipinski definition) is 3. The minimum absolute atomic E-state index is 0.0168. The van der Waals surface area contributed by atoms with Gasteiger partial charge in [-0.1, -0.05) is 0 Å². The minimum Gasteiger partial charge on any atom is -0.374 e. The van der Waals surface area contributed by atoms with Crippen molar-refractivity contribution in [2.24, 2.45) is 5.92 Å². The van der Waals surface area contributed by atoms with E-state index in [4.69, 9.17) is 4.74 Å². The third kappa shape index (κ3) is 4.30. The van der Waals surface area contributed by atoms with Gasteiger partial charge in [0.15, 0.2) is 0 Å². The Balaban J connectivity index is 1.71. The number of nitrogens with zero attached hydrogens (tertiary/aromatic N) is 2. The SMILES string of the molecule is Cc1cc(C(=O)N(CC2CC2)C[C@H]2CN(C)CCO2)ccc1F. The summed E-state index contributed by atoms with van der Waals surface area (Å²) in [5, 5.41) is 0. The fourth-order valence-electron chi connectivity index (χ4n) is 3.04. The van der Waals surface area contributed by atoms with Crippen molar-refractivity contribution < 1.29 is 13.9 Å². The number of carbonyl (C=O) groups is 1. The Hall–Kier alpha value is -1.46. The summed E-state index contributed by atoms with van der Waals surface area (Å²) in [5.74, 6) is 0.325. The van der Waals surface area contributed by atoms with Crippen molar-refractivity contribution in [3.05, 3.63) is 35.1 Å². The first-order valence-electron chi connectivity index (χ1n) is 8.38. The lowest BCUT2D eigenvalue weighted by Gasteiger charge is -2.34. The van der Waals surface area contributed by atoms with Gasteiger partial charge in [0, 0.05) is 31.7 Å². The highest BCUT2D eigenvalue weighted by atomic mass is 19.1. The Kier molecular flexibility index (Phi) is 4.97. The van der Waals surface area contributed by atoms with Crippen LogP contribution in [-0.4, -0.2) is 61.6 Å². The second kappa shape index (κ2) is 6.97. The van der Waals surface area contributed by atoms with Gasteiger partial charge in [-0.3, -0.25) is 4.79 Å². The molecule has 1 aliphatic heterocycles. The van der Waals surface area contributed by atoms with E-state index in [1.54, 1.807) is 19.1 Å². The number of aryl methyl sites for hydroxylation is 1. The van der Waals surface area contributed by atoms with E-state index in [-0.39, 0.29) is 17.8 Å². The lowest BCUT2D eigenvalue weighted by Crippen LogP contribution is -2.48. The second-order valence-electron chi connectivity index (χ2n) is 6.87. The Morgan fingerprint density at radius 2 is 2.17 bits per heavy atom. The zero-order valence-corrected chi connectivity index (χ0v) is 13.9. The van der Waals surface area contributed by atoms with E-state index < -0.39 is 0 Å². The van der Waals surface area contributed by atoms with E-state index >= 15 is 0 Å². The van der Waals surface area contributed by atoms with Crippen LogP contribution in [0.4, 0.5) is 4.39 Å². The first-order valence-corrected chi connectivity index (χ1v) is 8.38. The van der Waals surface area contributed by atoms with Crippen LogP contribution < -0.4 is 0 Å². The smallest absolute Gasteiger partial charge is 0.253 e. The molecule has 0 aromatic heterocycles. The van der Waals surface area contributed by atoms with E-state index in [2.05, 4.69) is 11.9 Å². The van der Waals surface area contributed by atoms with Crippen molar-refractivity contribution in [1.82, 2.24) is 9.80 Å². The third-order valence-corrected chi connectivity index (χ3v) is 4.63. The van der Waals surface area contributed by atoms with Crippen molar-refractivity contribution in [3.63, 3.8) is 0 Å². The molecule has 2 fully saturated rings. The molecular weight excluding hydrogens is 295 g/mol. The lowest BCUT2D eigenvalue weighted by molar-refractivity contribution is -0.0331. The fourth-order valence-corrected chi connectivity index (χ4v) is 3.04. The van der Waals surface area contributed by atoms with Crippen LogP contribution in [0, 0.1) is 18.7 Å². The predicted octanol–water partition coefficient (Wildman–Crippen LogP) is 2.32. The van der Waals surface area contributed by atoms with Crippen molar-refractivity contribution in [2.45, 2.75) is 25.9 Å². The van der Waals surface area contributed by atoms with Crippen LogP contribution in [0.1, 0.15) is 28.8 Å². The highest BCUT2D eigenvalue weighted by Crippen LogP contribution is 2.30. The van der Waals surface area contributed by atoms with E-state index in [0.717, 1.165) is 19.6 Å². The van der Waals surface area contributed by atoms with Gasteiger partial charge in [-0.25, -0.2) is 4.39 Å². The molecule has 126 valence electrons. The molecule has 4 nitrogen and oxygen atoms in total. The quantitative estimate of drug-likeness (QED) is 0.835. The van der Waals surface area contributed by atoms with Crippen molar-refractivity contribution >= 4 is 5.91 Å². The molecule has 1 atom stereocenters. The third-order valence-electron chi connectivity index (χ3n) is 4.63. The Bertz CT molecular complexity index is 574. The summed E-state index contributed by atoms with van der Waals surface area (Å²) in [7, 11) is 2.08. The summed E-state index contributed by atoms with van der Waals surface area (Å²) >= 11 is 0. The van der Waals surface area contributed by atoms with Crippen LogP contribution in [-0.2, 0) is 4.74 Å². The molecule has 23 heavy (non-hydrogen) atoms. The zero-order valence-electron chi connectivity index (χ0n) is 13.9. The summed E-state index contributed by atoms with van der Waals surface area (Å²) in [6.45, 7) is 5.56. The summed E-state index contributed by atoms with van der Waals surface area (Å²) in [4.78, 5) is 17.0.